The van der Waals surface area contributed by atoms with Crippen molar-refractivity contribution >= 4 is 6.09 Å². The summed E-state index contributed by atoms with van der Waals surface area (Å²) in [5.74, 6) is 0. The van der Waals surface area contributed by atoms with Gasteiger partial charge < -0.3 is 14.8 Å². The van der Waals surface area contributed by atoms with Crippen LogP contribution in [0.3, 0.4) is 0 Å². The topological polar surface area (TPSA) is 50.9 Å². The first-order valence-electron chi connectivity index (χ1n) is 9.54. The molecule has 4 nitrogen and oxygen atoms in total. The molecular weight excluding hydrogens is 338 g/mol. The van der Waals surface area contributed by atoms with Crippen LogP contribution in [0.15, 0.2) is 60.7 Å². The van der Waals surface area contributed by atoms with Crippen LogP contribution in [-0.4, -0.2) is 29.4 Å². The monoisotopic (exact) mass is 367 g/mol. The van der Waals surface area contributed by atoms with Crippen LogP contribution in [0.4, 0.5) is 4.79 Å². The molecule has 1 fully saturated rings. The van der Waals surface area contributed by atoms with Gasteiger partial charge in [0, 0.05) is 12.8 Å². The van der Waals surface area contributed by atoms with Gasteiger partial charge in [-0.05, 0) is 38.8 Å². The molecule has 0 spiro atoms. The summed E-state index contributed by atoms with van der Waals surface area (Å²) in [5.41, 5.74) is 1.49. The van der Waals surface area contributed by atoms with Gasteiger partial charge in [0.25, 0.3) is 0 Å². The van der Waals surface area contributed by atoms with Crippen LogP contribution in [0.2, 0.25) is 0 Å². The molecule has 0 aliphatic carbocycles. The van der Waals surface area contributed by atoms with E-state index in [4.69, 9.17) is 9.47 Å². The average molecular weight is 367 g/mol. The Morgan fingerprint density at radius 3 is 2.19 bits per heavy atom. The summed E-state index contributed by atoms with van der Waals surface area (Å²) < 4.78 is 11.7. The lowest BCUT2D eigenvalue weighted by Gasteiger charge is -2.26. The lowest BCUT2D eigenvalue weighted by Crippen LogP contribution is -2.47. The number of rotatable bonds is 6. The number of nitrogens with one attached hydrogen (secondary N) is 1. The number of ether oxygens (including phenoxy) is 2. The zero-order valence-electron chi connectivity index (χ0n) is 16.6. The number of carbonyl (C=O) groups excluding carboxylic acids is 1. The third-order valence-corrected chi connectivity index (χ3v) is 4.90. The summed E-state index contributed by atoms with van der Waals surface area (Å²) in [5, 5.41) is 2.99. The highest BCUT2D eigenvalue weighted by Gasteiger charge is 2.60. The minimum absolute atomic E-state index is 0.0602. The molecule has 27 heavy (non-hydrogen) atoms. The van der Waals surface area contributed by atoms with Crippen molar-refractivity contribution < 1.29 is 14.3 Å². The molecule has 1 aliphatic rings. The maximum Gasteiger partial charge on any atom is 0.407 e. The fraction of sp³-hybridized carbons (Fsp3) is 0.435. The molecule has 1 amide bonds. The second-order valence-electron chi connectivity index (χ2n) is 8.28. The van der Waals surface area contributed by atoms with Gasteiger partial charge >= 0.3 is 6.09 Å². The van der Waals surface area contributed by atoms with E-state index in [0.717, 1.165) is 12.8 Å². The summed E-state index contributed by atoms with van der Waals surface area (Å²) >= 11 is 0. The fourth-order valence-corrected chi connectivity index (χ4v) is 3.48. The molecule has 0 bridgehead atoms. The molecule has 3 rings (SSSR count). The van der Waals surface area contributed by atoms with E-state index in [1.165, 1.54) is 11.1 Å². The number of alkyl carbamates (subject to hydrolysis) is 1. The molecule has 144 valence electrons. The van der Waals surface area contributed by atoms with Gasteiger partial charge in [0.05, 0.1) is 12.1 Å². The predicted octanol–water partition coefficient (Wildman–Crippen LogP) is 4.52. The summed E-state index contributed by atoms with van der Waals surface area (Å²) in [6.07, 6.45) is 1.23. The number of amides is 1. The first-order chi connectivity index (χ1) is 12.8. The molecule has 3 atom stereocenters. The minimum Gasteiger partial charge on any atom is -0.444 e. The first kappa shape index (κ1) is 19.4. The fourth-order valence-electron chi connectivity index (χ4n) is 3.48. The molecule has 4 heteroatoms. The Balaban J connectivity index is 1.73. The Hall–Kier alpha value is -2.33. The van der Waals surface area contributed by atoms with Crippen molar-refractivity contribution in [3.8, 4) is 0 Å². The van der Waals surface area contributed by atoms with Crippen molar-refractivity contribution in [1.82, 2.24) is 5.32 Å². The summed E-state index contributed by atoms with van der Waals surface area (Å²) in [6.45, 7) is 7.59. The summed E-state index contributed by atoms with van der Waals surface area (Å²) in [7, 11) is 0. The molecule has 0 radical (unpaired) electrons. The van der Waals surface area contributed by atoms with Crippen molar-refractivity contribution in [2.24, 2.45) is 0 Å². The van der Waals surface area contributed by atoms with E-state index in [1.807, 2.05) is 64.1 Å². The van der Waals surface area contributed by atoms with Gasteiger partial charge in [-0.3, -0.25) is 0 Å². The van der Waals surface area contributed by atoms with E-state index in [-0.39, 0.29) is 12.1 Å². The van der Waals surface area contributed by atoms with Crippen molar-refractivity contribution in [2.75, 3.05) is 0 Å². The lowest BCUT2D eigenvalue weighted by atomic mass is 9.87. The lowest BCUT2D eigenvalue weighted by molar-refractivity contribution is 0.0479. The van der Waals surface area contributed by atoms with Gasteiger partial charge in [0.15, 0.2) is 0 Å². The highest BCUT2D eigenvalue weighted by molar-refractivity contribution is 5.68. The average Bonchev–Trinajstić information content (AvgIpc) is 3.28. The highest BCUT2D eigenvalue weighted by Crippen LogP contribution is 2.44. The Morgan fingerprint density at radius 1 is 1.07 bits per heavy atom. The maximum absolute atomic E-state index is 12.3. The minimum atomic E-state index is -0.524. The number of benzene rings is 2. The number of carbonyl (C=O) groups is 1. The van der Waals surface area contributed by atoms with Crippen molar-refractivity contribution in [3.63, 3.8) is 0 Å². The van der Waals surface area contributed by atoms with E-state index in [1.54, 1.807) is 0 Å². The molecular formula is C23H29NO3. The van der Waals surface area contributed by atoms with Gasteiger partial charge in [-0.2, -0.15) is 0 Å². The van der Waals surface area contributed by atoms with Crippen molar-refractivity contribution in [3.05, 3.63) is 71.8 Å². The molecule has 1 N–H and O–H groups in total. The summed E-state index contributed by atoms with van der Waals surface area (Å²) in [6, 6.07) is 20.4. The molecule has 2 unspecified atom stereocenters. The van der Waals surface area contributed by atoms with Crippen LogP contribution in [0.1, 0.15) is 38.8 Å². The first-order valence-corrected chi connectivity index (χ1v) is 9.54. The van der Waals surface area contributed by atoms with Crippen LogP contribution in [-0.2, 0) is 22.3 Å². The molecule has 2 aromatic carbocycles. The van der Waals surface area contributed by atoms with Gasteiger partial charge in [-0.15, -0.1) is 0 Å². The number of hydrogen-bond donors (Lipinski definition) is 1. The Bertz CT molecular complexity index is 754. The molecule has 0 aromatic heterocycles. The third-order valence-electron chi connectivity index (χ3n) is 4.90. The Labute approximate surface area is 161 Å². The second-order valence-corrected chi connectivity index (χ2v) is 8.28. The van der Waals surface area contributed by atoms with E-state index in [9.17, 15) is 4.79 Å². The molecule has 1 aliphatic heterocycles. The zero-order valence-corrected chi connectivity index (χ0v) is 16.6. The highest BCUT2D eigenvalue weighted by atomic mass is 16.6. The van der Waals surface area contributed by atoms with Gasteiger partial charge in [-0.25, -0.2) is 4.79 Å². The predicted molar refractivity (Wildman–Crippen MR) is 107 cm³/mol. The smallest absolute Gasteiger partial charge is 0.407 e. The van der Waals surface area contributed by atoms with Crippen LogP contribution in [0, 0.1) is 0 Å². The molecule has 0 saturated carbocycles. The van der Waals surface area contributed by atoms with Crippen LogP contribution < -0.4 is 5.32 Å². The molecule has 2 aromatic rings. The van der Waals surface area contributed by atoms with Crippen LogP contribution in [0.5, 0.6) is 0 Å². The van der Waals surface area contributed by atoms with Gasteiger partial charge in [0.1, 0.15) is 11.2 Å². The van der Waals surface area contributed by atoms with Crippen LogP contribution >= 0.6 is 0 Å². The van der Waals surface area contributed by atoms with Crippen molar-refractivity contribution in [1.29, 1.82) is 0 Å². The maximum atomic E-state index is 12.3. The van der Waals surface area contributed by atoms with E-state index >= 15 is 0 Å². The third kappa shape index (κ3) is 5.10. The molecule has 1 heterocycles. The Kier molecular flexibility index (Phi) is 5.56. The van der Waals surface area contributed by atoms with E-state index < -0.39 is 17.3 Å². The normalized spacial score (nSPS) is 22.7. The van der Waals surface area contributed by atoms with Crippen LogP contribution in [0.25, 0.3) is 0 Å². The number of hydrogen-bond acceptors (Lipinski definition) is 3. The zero-order chi connectivity index (χ0) is 19.5. The number of epoxide rings is 1. The molecule has 1 saturated heterocycles. The quantitative estimate of drug-likeness (QED) is 0.764. The summed E-state index contributed by atoms with van der Waals surface area (Å²) in [4.78, 5) is 12.3. The van der Waals surface area contributed by atoms with E-state index in [0.29, 0.717) is 0 Å². The standard InChI is InChI=1S/C23H29NO3/c1-17(24-21(25)27-22(2,3)4)23(16-19-13-9-6-10-14-19)20(26-23)15-18-11-7-5-8-12-18/h5-14,17,20H,15-16H2,1-4H3,(H,24,25)/t17?,20?,23-/m0/s1. The largest absolute Gasteiger partial charge is 0.444 e. The second kappa shape index (κ2) is 7.73. The Morgan fingerprint density at radius 2 is 1.63 bits per heavy atom. The van der Waals surface area contributed by atoms with Gasteiger partial charge in [-0.1, -0.05) is 60.7 Å². The van der Waals surface area contributed by atoms with Crippen molar-refractivity contribution in [2.45, 2.75) is 63.9 Å². The van der Waals surface area contributed by atoms with Gasteiger partial charge in [0.2, 0.25) is 0 Å². The van der Waals surface area contributed by atoms with E-state index in [2.05, 4.69) is 29.6 Å². The SMILES string of the molecule is CC(NC(=O)OC(C)(C)C)[C@]1(Cc2ccccc2)OC1Cc1ccccc1.